The van der Waals surface area contributed by atoms with E-state index in [4.69, 9.17) is 5.73 Å². The van der Waals surface area contributed by atoms with Gasteiger partial charge < -0.3 is 5.73 Å². The van der Waals surface area contributed by atoms with Gasteiger partial charge in [-0.05, 0) is 19.3 Å². The van der Waals surface area contributed by atoms with Crippen LogP contribution < -0.4 is 17.0 Å². The molecule has 13 heavy (non-hydrogen) atoms. The van der Waals surface area contributed by atoms with E-state index < -0.39 is 11.2 Å². The quantitative estimate of drug-likeness (QED) is 0.631. The lowest BCUT2D eigenvalue weighted by Crippen LogP contribution is -2.36. The Balaban J connectivity index is 2.55. The number of nitrogens with two attached hydrogens (primary N) is 1. The van der Waals surface area contributed by atoms with Gasteiger partial charge in [0.05, 0.1) is 0 Å². The van der Waals surface area contributed by atoms with Crippen LogP contribution in [0.5, 0.6) is 0 Å². The summed E-state index contributed by atoms with van der Waals surface area (Å²) in [6.45, 7) is 0. The fourth-order valence-corrected chi connectivity index (χ4v) is 1.54. The Morgan fingerprint density at radius 2 is 2.15 bits per heavy atom. The van der Waals surface area contributed by atoms with Crippen molar-refractivity contribution in [2.75, 3.05) is 5.73 Å². The van der Waals surface area contributed by atoms with Crippen molar-refractivity contribution in [3.8, 4) is 0 Å². The Morgan fingerprint density at radius 1 is 1.46 bits per heavy atom. The highest BCUT2D eigenvalue weighted by molar-refractivity contribution is 5.27. The fourth-order valence-electron chi connectivity index (χ4n) is 1.54. The Kier molecular flexibility index (Phi) is 1.72. The topological polar surface area (TPSA) is 80.9 Å². The summed E-state index contributed by atoms with van der Waals surface area (Å²) < 4.78 is 1.46. The van der Waals surface area contributed by atoms with E-state index in [0.29, 0.717) is 0 Å². The maximum absolute atomic E-state index is 11.3. The van der Waals surface area contributed by atoms with Gasteiger partial charge in [0.2, 0.25) is 0 Å². The van der Waals surface area contributed by atoms with E-state index in [1.54, 1.807) is 0 Å². The second kappa shape index (κ2) is 2.76. The van der Waals surface area contributed by atoms with Gasteiger partial charge in [0.15, 0.2) is 0 Å². The monoisotopic (exact) mass is 181 g/mol. The summed E-state index contributed by atoms with van der Waals surface area (Å²) in [5.41, 5.74) is 4.75. The van der Waals surface area contributed by atoms with Gasteiger partial charge in [0.25, 0.3) is 5.56 Å². The minimum absolute atomic E-state index is 0.185. The molecule has 0 bridgehead atoms. The standard InChI is InChI=1S/C8H11N3O2/c9-6-4-7(12)10-8(13)11(6)5-2-1-3-5/h4-5H,1-3,9H2,(H,10,12,13). The van der Waals surface area contributed by atoms with Crippen LogP contribution in [0, 0.1) is 0 Å². The molecule has 0 spiro atoms. The third kappa shape index (κ3) is 1.26. The van der Waals surface area contributed by atoms with Crippen molar-refractivity contribution in [1.82, 2.24) is 9.55 Å². The Bertz CT molecular complexity index is 428. The molecule has 0 saturated heterocycles. The summed E-state index contributed by atoms with van der Waals surface area (Å²) in [5, 5.41) is 0. The van der Waals surface area contributed by atoms with Crippen molar-refractivity contribution in [2.24, 2.45) is 0 Å². The van der Waals surface area contributed by atoms with Gasteiger partial charge >= 0.3 is 5.69 Å². The summed E-state index contributed by atoms with van der Waals surface area (Å²) in [6, 6.07) is 1.43. The molecule has 2 rings (SSSR count). The third-order valence-electron chi connectivity index (χ3n) is 2.45. The lowest BCUT2D eigenvalue weighted by Gasteiger charge is -2.28. The zero-order chi connectivity index (χ0) is 9.42. The normalized spacial score (nSPS) is 16.9. The second-order valence-corrected chi connectivity index (χ2v) is 3.32. The molecule has 0 unspecified atom stereocenters. The lowest BCUT2D eigenvalue weighted by atomic mass is 9.93. The maximum Gasteiger partial charge on any atom is 0.330 e. The number of hydrogen-bond acceptors (Lipinski definition) is 3. The van der Waals surface area contributed by atoms with Crippen LogP contribution in [0.15, 0.2) is 15.7 Å². The van der Waals surface area contributed by atoms with Crippen LogP contribution in [0.3, 0.4) is 0 Å². The average Bonchev–Trinajstić information content (AvgIpc) is 1.92. The molecule has 0 aliphatic heterocycles. The van der Waals surface area contributed by atoms with Crippen LogP contribution in [0.2, 0.25) is 0 Å². The number of aromatic nitrogens is 2. The van der Waals surface area contributed by atoms with E-state index in [0.717, 1.165) is 19.3 Å². The van der Waals surface area contributed by atoms with Gasteiger partial charge in [-0.1, -0.05) is 0 Å². The van der Waals surface area contributed by atoms with E-state index in [9.17, 15) is 9.59 Å². The molecule has 1 aliphatic carbocycles. The minimum Gasteiger partial charge on any atom is -0.385 e. The molecule has 70 valence electrons. The maximum atomic E-state index is 11.3. The zero-order valence-electron chi connectivity index (χ0n) is 7.12. The second-order valence-electron chi connectivity index (χ2n) is 3.32. The summed E-state index contributed by atoms with van der Waals surface area (Å²) >= 11 is 0. The van der Waals surface area contributed by atoms with E-state index in [-0.39, 0.29) is 11.9 Å². The molecular formula is C8H11N3O2. The van der Waals surface area contributed by atoms with Gasteiger partial charge in [-0.15, -0.1) is 0 Å². The Labute approximate surface area is 74.2 Å². The number of nitrogens with zero attached hydrogens (tertiary/aromatic N) is 1. The molecular weight excluding hydrogens is 170 g/mol. The summed E-state index contributed by atoms with van der Waals surface area (Å²) in [4.78, 5) is 24.4. The van der Waals surface area contributed by atoms with E-state index in [2.05, 4.69) is 4.98 Å². The molecule has 5 heteroatoms. The largest absolute Gasteiger partial charge is 0.385 e. The molecule has 1 aliphatic rings. The summed E-state index contributed by atoms with van der Waals surface area (Å²) in [6.07, 6.45) is 3.06. The van der Waals surface area contributed by atoms with Crippen molar-refractivity contribution in [1.29, 1.82) is 0 Å². The molecule has 1 heterocycles. The van der Waals surface area contributed by atoms with Crippen molar-refractivity contribution in [3.05, 3.63) is 26.9 Å². The van der Waals surface area contributed by atoms with E-state index >= 15 is 0 Å². The van der Waals surface area contributed by atoms with E-state index in [1.165, 1.54) is 10.6 Å². The third-order valence-corrected chi connectivity index (χ3v) is 2.45. The fraction of sp³-hybridized carbons (Fsp3) is 0.500. The number of anilines is 1. The Morgan fingerprint density at radius 3 is 2.62 bits per heavy atom. The van der Waals surface area contributed by atoms with Crippen molar-refractivity contribution in [2.45, 2.75) is 25.3 Å². The van der Waals surface area contributed by atoms with Crippen LogP contribution in [0.4, 0.5) is 5.82 Å². The van der Waals surface area contributed by atoms with Gasteiger partial charge in [0, 0.05) is 12.1 Å². The zero-order valence-corrected chi connectivity index (χ0v) is 7.12. The molecule has 1 aromatic heterocycles. The molecule has 1 saturated carbocycles. The predicted octanol–water partition coefficient (Wildman–Crippen LogP) is -0.156. The van der Waals surface area contributed by atoms with Gasteiger partial charge in [-0.2, -0.15) is 0 Å². The molecule has 5 nitrogen and oxygen atoms in total. The first-order valence-corrected chi connectivity index (χ1v) is 4.30. The lowest BCUT2D eigenvalue weighted by molar-refractivity contribution is 0.306. The molecule has 1 fully saturated rings. The van der Waals surface area contributed by atoms with Crippen molar-refractivity contribution >= 4 is 5.82 Å². The van der Waals surface area contributed by atoms with Crippen LogP contribution in [-0.2, 0) is 0 Å². The van der Waals surface area contributed by atoms with Gasteiger partial charge in [-0.3, -0.25) is 14.3 Å². The summed E-state index contributed by atoms with van der Waals surface area (Å²) in [5.74, 6) is 0.262. The minimum atomic E-state index is -0.432. The molecule has 1 aromatic rings. The van der Waals surface area contributed by atoms with Crippen LogP contribution in [0.25, 0.3) is 0 Å². The summed E-state index contributed by atoms with van der Waals surface area (Å²) in [7, 11) is 0. The van der Waals surface area contributed by atoms with Crippen molar-refractivity contribution in [3.63, 3.8) is 0 Å². The van der Waals surface area contributed by atoms with E-state index in [1.807, 2.05) is 0 Å². The molecule has 0 radical (unpaired) electrons. The Hall–Kier alpha value is -1.52. The smallest absolute Gasteiger partial charge is 0.330 e. The SMILES string of the molecule is Nc1cc(=O)[nH]c(=O)n1C1CCC1. The van der Waals surface area contributed by atoms with Gasteiger partial charge in [0.1, 0.15) is 5.82 Å². The number of aromatic amines is 1. The van der Waals surface area contributed by atoms with Gasteiger partial charge in [-0.25, -0.2) is 4.79 Å². The van der Waals surface area contributed by atoms with Crippen LogP contribution in [-0.4, -0.2) is 9.55 Å². The molecule has 0 amide bonds. The molecule has 0 aromatic carbocycles. The average molecular weight is 181 g/mol. The van der Waals surface area contributed by atoms with Crippen molar-refractivity contribution < 1.29 is 0 Å². The highest BCUT2D eigenvalue weighted by Crippen LogP contribution is 2.31. The van der Waals surface area contributed by atoms with Crippen LogP contribution in [0.1, 0.15) is 25.3 Å². The molecule has 3 N–H and O–H groups in total. The molecule has 0 atom stereocenters. The predicted molar refractivity (Wildman–Crippen MR) is 48.6 cm³/mol. The number of nitrogen functional groups attached to an aromatic ring is 1. The number of rotatable bonds is 1. The van der Waals surface area contributed by atoms with Crippen LogP contribution >= 0.6 is 0 Å². The first-order chi connectivity index (χ1) is 6.18. The highest BCUT2D eigenvalue weighted by atomic mass is 16.2. The number of H-pyrrole nitrogens is 1. The first kappa shape index (κ1) is 8.10. The number of hydrogen-bond donors (Lipinski definition) is 2. The first-order valence-electron chi connectivity index (χ1n) is 4.30. The highest BCUT2D eigenvalue weighted by Gasteiger charge is 2.22. The number of nitrogens with one attached hydrogen (secondary N) is 1.